The van der Waals surface area contributed by atoms with Crippen LogP contribution in [0, 0.1) is 0 Å². The van der Waals surface area contributed by atoms with E-state index in [1.807, 2.05) is 36.4 Å². The molecule has 0 aliphatic rings. The minimum Gasteiger partial charge on any atom is -0.496 e. The molecule has 124 valence electrons. The van der Waals surface area contributed by atoms with Crippen LogP contribution >= 0.6 is 0 Å². The van der Waals surface area contributed by atoms with Crippen molar-refractivity contribution < 1.29 is 14.6 Å². The van der Waals surface area contributed by atoms with Crippen LogP contribution in [0.1, 0.15) is 10.4 Å². The van der Waals surface area contributed by atoms with Gasteiger partial charge >= 0.3 is 0 Å². The maximum atomic E-state index is 11.7. The summed E-state index contributed by atoms with van der Waals surface area (Å²) in [5.74, 6) is 1.22. The summed E-state index contributed by atoms with van der Waals surface area (Å²) >= 11 is 0. The van der Waals surface area contributed by atoms with Gasteiger partial charge in [0, 0.05) is 16.5 Å². The third-order valence-electron chi connectivity index (χ3n) is 4.31. The molecule has 4 aromatic rings. The number of ether oxygens (including phenoxy) is 1. The second-order valence-electron chi connectivity index (χ2n) is 5.76. The summed E-state index contributed by atoms with van der Waals surface area (Å²) in [4.78, 5) is 19.6. The molecular formula is C20H16N2O3. The van der Waals surface area contributed by atoms with Gasteiger partial charge in [-0.3, -0.25) is 4.79 Å². The van der Waals surface area contributed by atoms with Gasteiger partial charge in [-0.25, -0.2) is 4.98 Å². The Balaban J connectivity index is 1.90. The molecule has 0 bridgehead atoms. The molecule has 0 radical (unpaired) electrons. The number of carbonyl (C=O) groups excluding carboxylic acids is 1. The summed E-state index contributed by atoms with van der Waals surface area (Å²) in [6.45, 7) is -0.504. The lowest BCUT2D eigenvalue weighted by atomic mass is 10.0. The Bertz CT molecular complexity index is 1100. The van der Waals surface area contributed by atoms with Crippen molar-refractivity contribution in [3.8, 4) is 17.1 Å². The highest BCUT2D eigenvalue weighted by Gasteiger charge is 2.13. The third kappa shape index (κ3) is 2.55. The molecule has 1 aromatic heterocycles. The number of ketones is 1. The zero-order chi connectivity index (χ0) is 17.4. The van der Waals surface area contributed by atoms with Crippen LogP contribution in [0.3, 0.4) is 0 Å². The first kappa shape index (κ1) is 15.4. The number of Topliss-reactive ketones (excluding diaryl/α,β-unsaturated/α-hetero) is 1. The SMILES string of the molecule is COc1ccc(-c2nc3ccc(C(=O)CO)cc3[nH]2)c2ccccc12. The number of aliphatic hydroxyl groups is 1. The number of fused-ring (bicyclic) bond motifs is 2. The lowest BCUT2D eigenvalue weighted by Crippen LogP contribution is -2.03. The van der Waals surface area contributed by atoms with Gasteiger partial charge in [0.25, 0.3) is 0 Å². The summed E-state index contributed by atoms with van der Waals surface area (Å²) in [6, 6.07) is 17.1. The molecule has 0 aliphatic carbocycles. The number of aliphatic hydroxyl groups excluding tert-OH is 1. The zero-order valence-corrected chi connectivity index (χ0v) is 13.6. The molecule has 0 fully saturated rings. The Hall–Kier alpha value is -3.18. The number of H-pyrrole nitrogens is 1. The quantitative estimate of drug-likeness (QED) is 0.560. The average Bonchev–Trinajstić information content (AvgIpc) is 3.09. The van der Waals surface area contributed by atoms with E-state index < -0.39 is 6.61 Å². The molecule has 0 aliphatic heterocycles. The van der Waals surface area contributed by atoms with E-state index in [4.69, 9.17) is 9.84 Å². The lowest BCUT2D eigenvalue weighted by Gasteiger charge is -2.08. The van der Waals surface area contributed by atoms with Gasteiger partial charge in [-0.2, -0.15) is 0 Å². The molecule has 0 unspecified atom stereocenters. The number of hydrogen-bond acceptors (Lipinski definition) is 4. The van der Waals surface area contributed by atoms with Gasteiger partial charge in [0.1, 0.15) is 18.2 Å². The van der Waals surface area contributed by atoms with Crippen molar-refractivity contribution in [2.24, 2.45) is 0 Å². The molecule has 5 nitrogen and oxygen atoms in total. The van der Waals surface area contributed by atoms with Crippen molar-refractivity contribution in [1.82, 2.24) is 9.97 Å². The van der Waals surface area contributed by atoms with Crippen LogP contribution in [-0.2, 0) is 0 Å². The van der Waals surface area contributed by atoms with E-state index in [0.717, 1.165) is 38.9 Å². The first-order valence-electron chi connectivity index (χ1n) is 7.91. The van der Waals surface area contributed by atoms with E-state index in [1.165, 1.54) is 0 Å². The van der Waals surface area contributed by atoms with Crippen LogP contribution in [0.25, 0.3) is 33.2 Å². The van der Waals surface area contributed by atoms with Crippen LogP contribution in [0.2, 0.25) is 0 Å². The van der Waals surface area contributed by atoms with E-state index in [-0.39, 0.29) is 5.78 Å². The van der Waals surface area contributed by atoms with E-state index in [0.29, 0.717) is 5.56 Å². The Morgan fingerprint density at radius 1 is 1.12 bits per heavy atom. The van der Waals surface area contributed by atoms with E-state index in [1.54, 1.807) is 25.3 Å². The Kier molecular flexibility index (Phi) is 3.71. The van der Waals surface area contributed by atoms with E-state index in [9.17, 15) is 4.79 Å². The predicted octanol–water partition coefficient (Wildman–Crippen LogP) is 3.57. The van der Waals surface area contributed by atoms with Gasteiger partial charge in [0.05, 0.1) is 18.1 Å². The fourth-order valence-electron chi connectivity index (χ4n) is 3.06. The second-order valence-corrected chi connectivity index (χ2v) is 5.76. The number of methoxy groups -OCH3 is 1. The van der Waals surface area contributed by atoms with Gasteiger partial charge in [-0.05, 0) is 35.7 Å². The number of nitrogens with zero attached hydrogens (tertiary/aromatic N) is 1. The molecule has 4 rings (SSSR count). The Labute approximate surface area is 143 Å². The Morgan fingerprint density at radius 3 is 2.68 bits per heavy atom. The number of benzene rings is 3. The minimum absolute atomic E-state index is 0.312. The van der Waals surface area contributed by atoms with Crippen molar-refractivity contribution in [2.75, 3.05) is 13.7 Å². The van der Waals surface area contributed by atoms with Gasteiger partial charge < -0.3 is 14.8 Å². The molecule has 0 saturated heterocycles. The highest BCUT2D eigenvalue weighted by Crippen LogP contribution is 2.34. The third-order valence-corrected chi connectivity index (χ3v) is 4.31. The molecule has 1 heterocycles. The van der Waals surface area contributed by atoms with Crippen LogP contribution in [0.5, 0.6) is 5.75 Å². The molecule has 0 spiro atoms. The number of hydrogen-bond donors (Lipinski definition) is 2. The highest BCUT2D eigenvalue weighted by molar-refractivity contribution is 6.02. The summed E-state index contributed by atoms with van der Waals surface area (Å²) in [6.07, 6.45) is 0. The topological polar surface area (TPSA) is 75.2 Å². The number of nitrogens with one attached hydrogen (secondary N) is 1. The average molecular weight is 332 g/mol. The van der Waals surface area contributed by atoms with Crippen molar-refractivity contribution in [1.29, 1.82) is 0 Å². The summed E-state index contributed by atoms with van der Waals surface area (Å²) < 4.78 is 5.44. The predicted molar refractivity (Wildman–Crippen MR) is 97.0 cm³/mol. The van der Waals surface area contributed by atoms with Crippen molar-refractivity contribution in [3.05, 3.63) is 60.2 Å². The molecular weight excluding hydrogens is 316 g/mol. The molecule has 0 amide bonds. The fraction of sp³-hybridized carbons (Fsp3) is 0.100. The summed E-state index contributed by atoms with van der Waals surface area (Å²) in [5.41, 5.74) is 2.95. The van der Waals surface area contributed by atoms with Gasteiger partial charge in [-0.1, -0.05) is 24.3 Å². The standard InChI is InChI=1S/C20H16N2O3/c1-25-19-9-7-15(13-4-2-3-5-14(13)19)20-21-16-8-6-12(18(24)11-23)10-17(16)22-20/h2-10,23H,11H2,1H3,(H,21,22). The van der Waals surface area contributed by atoms with Crippen molar-refractivity contribution in [2.45, 2.75) is 0 Å². The first-order chi connectivity index (χ1) is 12.2. The van der Waals surface area contributed by atoms with Crippen molar-refractivity contribution >= 4 is 27.6 Å². The number of aromatic nitrogens is 2. The Morgan fingerprint density at radius 2 is 1.92 bits per heavy atom. The molecule has 3 aromatic carbocycles. The number of aromatic amines is 1. The van der Waals surface area contributed by atoms with Crippen LogP contribution in [-0.4, -0.2) is 34.6 Å². The van der Waals surface area contributed by atoms with Crippen LogP contribution in [0.15, 0.2) is 54.6 Å². The molecule has 5 heteroatoms. The number of carbonyl (C=O) groups is 1. The fourth-order valence-corrected chi connectivity index (χ4v) is 3.06. The monoisotopic (exact) mass is 332 g/mol. The van der Waals surface area contributed by atoms with Crippen LogP contribution in [0.4, 0.5) is 0 Å². The second kappa shape index (κ2) is 6.03. The zero-order valence-electron chi connectivity index (χ0n) is 13.6. The first-order valence-corrected chi connectivity index (χ1v) is 7.91. The maximum absolute atomic E-state index is 11.7. The molecule has 0 atom stereocenters. The van der Waals surface area contributed by atoms with Crippen LogP contribution < -0.4 is 4.74 Å². The van der Waals surface area contributed by atoms with E-state index >= 15 is 0 Å². The molecule has 2 N–H and O–H groups in total. The summed E-state index contributed by atoms with van der Waals surface area (Å²) in [7, 11) is 1.66. The smallest absolute Gasteiger partial charge is 0.188 e. The van der Waals surface area contributed by atoms with Gasteiger partial charge in [0.15, 0.2) is 5.78 Å². The highest BCUT2D eigenvalue weighted by atomic mass is 16.5. The molecule has 25 heavy (non-hydrogen) atoms. The van der Waals surface area contributed by atoms with Gasteiger partial charge in [-0.15, -0.1) is 0 Å². The van der Waals surface area contributed by atoms with E-state index in [2.05, 4.69) is 9.97 Å². The van der Waals surface area contributed by atoms with Crippen molar-refractivity contribution in [3.63, 3.8) is 0 Å². The number of imidazole rings is 1. The maximum Gasteiger partial charge on any atom is 0.188 e. The molecule has 0 saturated carbocycles. The normalized spacial score (nSPS) is 11.1. The number of rotatable bonds is 4. The minimum atomic E-state index is -0.504. The summed E-state index contributed by atoms with van der Waals surface area (Å²) in [5, 5.41) is 11.1. The lowest BCUT2D eigenvalue weighted by molar-refractivity contribution is 0.0904. The largest absolute Gasteiger partial charge is 0.496 e. The van der Waals surface area contributed by atoms with Gasteiger partial charge in [0.2, 0.25) is 0 Å².